The monoisotopic (exact) mass is 233 g/mol. The lowest BCUT2D eigenvalue weighted by Crippen LogP contribution is -2.25. The summed E-state index contributed by atoms with van der Waals surface area (Å²) >= 11 is 0. The average molecular weight is 233 g/mol. The summed E-state index contributed by atoms with van der Waals surface area (Å²) in [5.41, 5.74) is 0. The highest BCUT2D eigenvalue weighted by Crippen LogP contribution is 2.12. The first-order chi connectivity index (χ1) is 7.18. The highest BCUT2D eigenvalue weighted by Gasteiger charge is 2.17. The van der Waals surface area contributed by atoms with Crippen LogP contribution in [0, 0.1) is 0 Å². The van der Waals surface area contributed by atoms with Crippen LogP contribution in [0.2, 0.25) is 0 Å². The molecular formula is C11H23NO2S. The van der Waals surface area contributed by atoms with Gasteiger partial charge in [-0.05, 0) is 25.8 Å². The Balaban J connectivity index is 1.98. The molecule has 1 N–H and O–H groups in total. The van der Waals surface area contributed by atoms with Crippen LogP contribution in [-0.2, 0) is 15.5 Å². The van der Waals surface area contributed by atoms with Gasteiger partial charge in [0.25, 0.3) is 0 Å². The van der Waals surface area contributed by atoms with E-state index in [1.165, 1.54) is 0 Å². The average Bonchev–Trinajstić information content (AvgIpc) is 2.64. The maximum Gasteiger partial charge on any atom is 0.0691 e. The molecule has 1 saturated heterocycles. The summed E-state index contributed by atoms with van der Waals surface area (Å²) < 4.78 is 17.1. The molecule has 0 aromatic rings. The first kappa shape index (κ1) is 13.1. The van der Waals surface area contributed by atoms with Crippen molar-refractivity contribution in [1.82, 2.24) is 5.32 Å². The molecule has 1 heterocycles. The molecule has 90 valence electrons. The second kappa shape index (κ2) is 7.36. The van der Waals surface area contributed by atoms with E-state index in [0.717, 1.165) is 43.9 Å². The van der Waals surface area contributed by atoms with E-state index in [-0.39, 0.29) is 6.10 Å². The Morgan fingerprint density at radius 2 is 2.33 bits per heavy atom. The van der Waals surface area contributed by atoms with Gasteiger partial charge in [0.15, 0.2) is 0 Å². The summed E-state index contributed by atoms with van der Waals surface area (Å²) in [5, 5.41) is 3.33. The van der Waals surface area contributed by atoms with Crippen LogP contribution in [0.3, 0.4) is 0 Å². The number of ether oxygens (including phenoxy) is 1. The second-order valence-corrected chi connectivity index (χ2v) is 6.03. The van der Waals surface area contributed by atoms with E-state index >= 15 is 0 Å². The van der Waals surface area contributed by atoms with Gasteiger partial charge in [0.05, 0.1) is 6.10 Å². The normalized spacial score (nSPS) is 23.5. The predicted octanol–water partition coefficient (Wildman–Crippen LogP) is 1.30. The molecule has 0 spiro atoms. The van der Waals surface area contributed by atoms with Crippen molar-refractivity contribution < 1.29 is 8.95 Å². The van der Waals surface area contributed by atoms with Gasteiger partial charge in [0, 0.05) is 35.0 Å². The van der Waals surface area contributed by atoms with E-state index in [4.69, 9.17) is 4.74 Å². The SMILES string of the molecule is CC(C)NCCCS(=O)CC1CCCO1. The summed E-state index contributed by atoms with van der Waals surface area (Å²) in [5.74, 6) is 1.54. The minimum absolute atomic E-state index is 0.267. The molecular weight excluding hydrogens is 210 g/mol. The molecule has 0 radical (unpaired) electrons. The Morgan fingerprint density at radius 3 is 2.93 bits per heavy atom. The standard InChI is InChI=1S/C11H23NO2S/c1-10(2)12-6-4-8-15(13)9-11-5-3-7-14-11/h10-12H,3-9H2,1-2H3. The van der Waals surface area contributed by atoms with Crippen molar-refractivity contribution in [2.24, 2.45) is 0 Å². The fraction of sp³-hybridized carbons (Fsp3) is 1.00. The van der Waals surface area contributed by atoms with Gasteiger partial charge in [-0.15, -0.1) is 0 Å². The van der Waals surface area contributed by atoms with Crippen LogP contribution in [0.25, 0.3) is 0 Å². The molecule has 0 saturated carbocycles. The molecule has 2 unspecified atom stereocenters. The van der Waals surface area contributed by atoms with Crippen LogP contribution in [0.1, 0.15) is 33.1 Å². The number of hydrogen-bond acceptors (Lipinski definition) is 3. The summed E-state index contributed by atoms with van der Waals surface area (Å²) in [6.07, 6.45) is 3.49. The maximum absolute atomic E-state index is 11.6. The smallest absolute Gasteiger partial charge is 0.0691 e. The van der Waals surface area contributed by atoms with Crippen molar-refractivity contribution in [2.45, 2.75) is 45.3 Å². The fourth-order valence-electron chi connectivity index (χ4n) is 1.69. The topological polar surface area (TPSA) is 38.3 Å². The van der Waals surface area contributed by atoms with Gasteiger partial charge in [-0.25, -0.2) is 0 Å². The van der Waals surface area contributed by atoms with Gasteiger partial charge >= 0.3 is 0 Å². The molecule has 0 aromatic heterocycles. The molecule has 0 aromatic carbocycles. The highest BCUT2D eigenvalue weighted by molar-refractivity contribution is 7.85. The Hall–Kier alpha value is 0.0700. The van der Waals surface area contributed by atoms with Crippen molar-refractivity contribution in [1.29, 1.82) is 0 Å². The first-order valence-corrected chi connectivity index (χ1v) is 7.37. The fourth-order valence-corrected chi connectivity index (χ4v) is 3.00. The lowest BCUT2D eigenvalue weighted by atomic mass is 10.3. The van der Waals surface area contributed by atoms with Crippen LogP contribution >= 0.6 is 0 Å². The van der Waals surface area contributed by atoms with Crippen LogP contribution < -0.4 is 5.32 Å². The van der Waals surface area contributed by atoms with E-state index in [9.17, 15) is 4.21 Å². The Kier molecular flexibility index (Phi) is 6.45. The van der Waals surface area contributed by atoms with E-state index in [1.54, 1.807) is 0 Å². The zero-order valence-electron chi connectivity index (χ0n) is 9.83. The van der Waals surface area contributed by atoms with Gasteiger partial charge in [-0.1, -0.05) is 13.8 Å². The van der Waals surface area contributed by atoms with E-state index in [0.29, 0.717) is 6.04 Å². The van der Waals surface area contributed by atoms with Crippen molar-refractivity contribution in [2.75, 3.05) is 24.7 Å². The largest absolute Gasteiger partial charge is 0.377 e. The predicted molar refractivity (Wildman–Crippen MR) is 64.6 cm³/mol. The summed E-state index contributed by atoms with van der Waals surface area (Å²) in [6.45, 7) is 6.08. The maximum atomic E-state index is 11.6. The Bertz CT molecular complexity index is 191. The van der Waals surface area contributed by atoms with Crippen LogP contribution in [0.15, 0.2) is 0 Å². The molecule has 1 fully saturated rings. The lowest BCUT2D eigenvalue weighted by molar-refractivity contribution is 0.128. The number of nitrogens with one attached hydrogen (secondary N) is 1. The third-order valence-corrected chi connectivity index (χ3v) is 3.98. The number of hydrogen-bond donors (Lipinski definition) is 1. The molecule has 15 heavy (non-hydrogen) atoms. The third kappa shape index (κ3) is 6.28. The zero-order chi connectivity index (χ0) is 11.1. The molecule has 0 amide bonds. The molecule has 1 aliphatic rings. The molecule has 0 aliphatic carbocycles. The van der Waals surface area contributed by atoms with Gasteiger partial charge in [-0.2, -0.15) is 0 Å². The van der Waals surface area contributed by atoms with Crippen LogP contribution in [0.5, 0.6) is 0 Å². The molecule has 1 rings (SSSR count). The van der Waals surface area contributed by atoms with Crippen molar-refractivity contribution >= 4 is 10.8 Å². The van der Waals surface area contributed by atoms with Gasteiger partial charge in [0.1, 0.15) is 0 Å². The minimum atomic E-state index is -0.690. The highest BCUT2D eigenvalue weighted by atomic mass is 32.2. The van der Waals surface area contributed by atoms with E-state index < -0.39 is 10.8 Å². The van der Waals surface area contributed by atoms with Crippen LogP contribution in [-0.4, -0.2) is 41.0 Å². The second-order valence-electron chi connectivity index (χ2n) is 4.41. The van der Waals surface area contributed by atoms with Crippen LogP contribution in [0.4, 0.5) is 0 Å². The summed E-state index contributed by atoms with van der Waals surface area (Å²) in [7, 11) is -0.690. The lowest BCUT2D eigenvalue weighted by Gasteiger charge is -2.10. The quantitative estimate of drug-likeness (QED) is 0.674. The van der Waals surface area contributed by atoms with E-state index in [2.05, 4.69) is 19.2 Å². The van der Waals surface area contributed by atoms with Gasteiger partial charge in [-0.3, -0.25) is 4.21 Å². The van der Waals surface area contributed by atoms with Gasteiger partial charge < -0.3 is 10.1 Å². The summed E-state index contributed by atoms with van der Waals surface area (Å²) in [6, 6.07) is 0.525. The van der Waals surface area contributed by atoms with Gasteiger partial charge in [0.2, 0.25) is 0 Å². The minimum Gasteiger partial charge on any atom is -0.377 e. The molecule has 4 heteroatoms. The van der Waals surface area contributed by atoms with E-state index in [1.807, 2.05) is 0 Å². The first-order valence-electron chi connectivity index (χ1n) is 5.88. The third-order valence-electron chi connectivity index (χ3n) is 2.50. The zero-order valence-corrected chi connectivity index (χ0v) is 10.6. The Morgan fingerprint density at radius 1 is 1.53 bits per heavy atom. The molecule has 1 aliphatic heterocycles. The Labute approximate surface area is 95.4 Å². The van der Waals surface area contributed by atoms with Crippen molar-refractivity contribution in [3.8, 4) is 0 Å². The number of rotatable bonds is 7. The summed E-state index contributed by atoms with van der Waals surface area (Å²) in [4.78, 5) is 0. The molecule has 0 bridgehead atoms. The molecule has 2 atom stereocenters. The molecule has 3 nitrogen and oxygen atoms in total. The van der Waals surface area contributed by atoms with Crippen molar-refractivity contribution in [3.05, 3.63) is 0 Å². The van der Waals surface area contributed by atoms with Crippen molar-refractivity contribution in [3.63, 3.8) is 0 Å².